The number of hydrogen-bond donors (Lipinski definition) is 1. The van der Waals surface area contributed by atoms with Crippen LogP contribution < -0.4 is 5.32 Å². The second-order valence-corrected chi connectivity index (χ2v) is 5.94. The third-order valence-electron chi connectivity index (χ3n) is 4.02. The Morgan fingerprint density at radius 2 is 1.95 bits per heavy atom. The molecule has 1 aliphatic heterocycles. The normalized spacial score (nSPS) is 20.0. The Morgan fingerprint density at radius 3 is 2.50 bits per heavy atom. The van der Waals surface area contributed by atoms with E-state index in [1.54, 1.807) is 0 Å². The summed E-state index contributed by atoms with van der Waals surface area (Å²) in [5.74, 6) is 0.984. The lowest BCUT2D eigenvalue weighted by Gasteiger charge is -2.48. The van der Waals surface area contributed by atoms with Crippen molar-refractivity contribution in [3.63, 3.8) is 0 Å². The van der Waals surface area contributed by atoms with Crippen LogP contribution in [0.2, 0.25) is 0 Å². The molecule has 4 heteroatoms. The van der Waals surface area contributed by atoms with E-state index >= 15 is 0 Å². The number of aliphatic imine (C=N–C) groups is 1. The van der Waals surface area contributed by atoms with Crippen molar-refractivity contribution >= 4 is 5.96 Å². The van der Waals surface area contributed by atoms with E-state index in [2.05, 4.69) is 64.3 Å². The smallest absolute Gasteiger partial charge is 0.193 e. The highest BCUT2D eigenvalue weighted by Crippen LogP contribution is 2.23. The molecule has 0 bridgehead atoms. The van der Waals surface area contributed by atoms with Gasteiger partial charge < -0.3 is 10.2 Å². The number of rotatable bonds is 2. The van der Waals surface area contributed by atoms with E-state index in [0.717, 1.165) is 32.1 Å². The fourth-order valence-corrected chi connectivity index (χ4v) is 2.88. The lowest BCUT2D eigenvalue weighted by Crippen LogP contribution is -2.61. The average molecular weight is 274 g/mol. The Bertz CT molecular complexity index is 453. The van der Waals surface area contributed by atoms with E-state index in [4.69, 9.17) is 0 Å². The predicted octanol–water partition coefficient (Wildman–Crippen LogP) is 1.79. The van der Waals surface area contributed by atoms with Gasteiger partial charge in [-0.05, 0) is 19.4 Å². The number of guanidine groups is 1. The maximum atomic E-state index is 4.32. The van der Waals surface area contributed by atoms with Gasteiger partial charge in [-0.15, -0.1) is 0 Å². The van der Waals surface area contributed by atoms with Crippen molar-refractivity contribution in [2.75, 3.05) is 33.7 Å². The van der Waals surface area contributed by atoms with Crippen molar-refractivity contribution in [3.8, 4) is 0 Å². The van der Waals surface area contributed by atoms with Crippen molar-refractivity contribution in [1.82, 2.24) is 15.1 Å². The molecule has 1 aliphatic rings. The standard InChI is InChI=1S/C16H26N4/c1-16(2)13-19(15(17-3)18-4)10-11-20(16)12-14-8-6-5-7-9-14/h5-9H,10-13H2,1-4H3,(H,17,18). The first-order valence-corrected chi connectivity index (χ1v) is 7.25. The van der Waals surface area contributed by atoms with Gasteiger partial charge in [-0.1, -0.05) is 30.3 Å². The molecular weight excluding hydrogens is 248 g/mol. The average Bonchev–Trinajstić information content (AvgIpc) is 2.44. The Balaban J connectivity index is 2.05. The predicted molar refractivity (Wildman–Crippen MR) is 84.9 cm³/mol. The maximum absolute atomic E-state index is 4.32. The molecule has 1 heterocycles. The molecule has 0 saturated carbocycles. The highest BCUT2D eigenvalue weighted by molar-refractivity contribution is 5.79. The summed E-state index contributed by atoms with van der Waals surface area (Å²) in [5.41, 5.74) is 1.52. The fraction of sp³-hybridized carbons (Fsp3) is 0.562. The molecule has 0 spiro atoms. The van der Waals surface area contributed by atoms with Gasteiger partial charge in [-0.25, -0.2) is 0 Å². The molecule has 4 nitrogen and oxygen atoms in total. The van der Waals surface area contributed by atoms with Crippen molar-refractivity contribution < 1.29 is 0 Å². The number of hydrogen-bond acceptors (Lipinski definition) is 2. The van der Waals surface area contributed by atoms with Crippen molar-refractivity contribution in [2.45, 2.75) is 25.9 Å². The molecule has 2 rings (SSSR count). The monoisotopic (exact) mass is 274 g/mol. The second-order valence-electron chi connectivity index (χ2n) is 5.94. The third-order valence-corrected chi connectivity index (χ3v) is 4.02. The van der Waals surface area contributed by atoms with Crippen LogP contribution in [0.25, 0.3) is 0 Å². The number of nitrogens with zero attached hydrogens (tertiary/aromatic N) is 3. The topological polar surface area (TPSA) is 30.9 Å². The van der Waals surface area contributed by atoms with E-state index in [1.807, 2.05) is 14.1 Å². The Morgan fingerprint density at radius 1 is 1.25 bits per heavy atom. The maximum Gasteiger partial charge on any atom is 0.193 e. The Kier molecular flexibility index (Phi) is 4.65. The molecule has 1 fully saturated rings. The SMILES string of the molecule is CN=C(NC)N1CCN(Cc2ccccc2)C(C)(C)C1. The zero-order valence-electron chi connectivity index (χ0n) is 13.1. The van der Waals surface area contributed by atoms with Gasteiger partial charge in [0.15, 0.2) is 5.96 Å². The molecular formula is C16H26N4. The summed E-state index contributed by atoms with van der Waals surface area (Å²) in [7, 11) is 3.78. The molecule has 0 radical (unpaired) electrons. The van der Waals surface area contributed by atoms with Crippen molar-refractivity contribution in [3.05, 3.63) is 35.9 Å². The molecule has 1 aromatic rings. The lowest BCUT2D eigenvalue weighted by atomic mass is 9.98. The summed E-state index contributed by atoms with van der Waals surface area (Å²) in [6.45, 7) is 8.70. The quantitative estimate of drug-likeness (QED) is 0.659. The van der Waals surface area contributed by atoms with Crippen LogP contribution in [0.3, 0.4) is 0 Å². The molecule has 0 aromatic heterocycles. The molecule has 110 valence electrons. The minimum atomic E-state index is 0.140. The van der Waals surface area contributed by atoms with Gasteiger partial charge in [-0.3, -0.25) is 9.89 Å². The van der Waals surface area contributed by atoms with Gasteiger partial charge in [0.1, 0.15) is 0 Å². The molecule has 0 unspecified atom stereocenters. The van der Waals surface area contributed by atoms with Crippen LogP contribution in [0.4, 0.5) is 0 Å². The van der Waals surface area contributed by atoms with Crippen molar-refractivity contribution in [2.24, 2.45) is 4.99 Å². The van der Waals surface area contributed by atoms with E-state index in [9.17, 15) is 0 Å². The zero-order chi connectivity index (χ0) is 14.6. The number of benzene rings is 1. The molecule has 0 atom stereocenters. The van der Waals surface area contributed by atoms with Crippen LogP contribution in [0.5, 0.6) is 0 Å². The van der Waals surface area contributed by atoms with Crippen molar-refractivity contribution in [1.29, 1.82) is 0 Å². The summed E-state index contributed by atoms with van der Waals surface area (Å²) < 4.78 is 0. The molecule has 0 aliphatic carbocycles. The van der Waals surface area contributed by atoms with Crippen LogP contribution in [0, 0.1) is 0 Å². The van der Waals surface area contributed by atoms with Crippen LogP contribution in [-0.2, 0) is 6.54 Å². The van der Waals surface area contributed by atoms with Crippen LogP contribution in [0.1, 0.15) is 19.4 Å². The number of piperazine rings is 1. The summed E-state index contributed by atoms with van der Waals surface area (Å²) in [6.07, 6.45) is 0. The highest BCUT2D eigenvalue weighted by Gasteiger charge is 2.34. The summed E-state index contributed by atoms with van der Waals surface area (Å²) >= 11 is 0. The minimum absolute atomic E-state index is 0.140. The highest BCUT2D eigenvalue weighted by atomic mass is 15.4. The van der Waals surface area contributed by atoms with Gasteiger partial charge >= 0.3 is 0 Å². The van der Waals surface area contributed by atoms with Crippen LogP contribution >= 0.6 is 0 Å². The van der Waals surface area contributed by atoms with Gasteiger partial charge in [0.25, 0.3) is 0 Å². The van der Waals surface area contributed by atoms with E-state index in [0.29, 0.717) is 0 Å². The molecule has 1 saturated heterocycles. The first-order chi connectivity index (χ1) is 9.56. The van der Waals surface area contributed by atoms with Gasteiger partial charge in [0.05, 0.1) is 0 Å². The van der Waals surface area contributed by atoms with Crippen LogP contribution in [0.15, 0.2) is 35.3 Å². The largest absolute Gasteiger partial charge is 0.359 e. The van der Waals surface area contributed by atoms with E-state index in [-0.39, 0.29) is 5.54 Å². The van der Waals surface area contributed by atoms with Gasteiger partial charge in [0.2, 0.25) is 0 Å². The van der Waals surface area contributed by atoms with Crippen LogP contribution in [-0.4, -0.2) is 55.0 Å². The Labute approximate surface area is 122 Å². The summed E-state index contributed by atoms with van der Waals surface area (Å²) in [4.78, 5) is 9.21. The summed E-state index contributed by atoms with van der Waals surface area (Å²) in [6, 6.07) is 10.7. The Hall–Kier alpha value is -1.55. The summed E-state index contributed by atoms with van der Waals surface area (Å²) in [5, 5.41) is 3.18. The zero-order valence-corrected chi connectivity index (χ0v) is 13.1. The molecule has 0 amide bonds. The van der Waals surface area contributed by atoms with E-state index < -0.39 is 0 Å². The lowest BCUT2D eigenvalue weighted by molar-refractivity contribution is 0.0411. The number of nitrogens with one attached hydrogen (secondary N) is 1. The second kappa shape index (κ2) is 6.27. The van der Waals surface area contributed by atoms with Gasteiger partial charge in [-0.2, -0.15) is 0 Å². The third kappa shape index (κ3) is 3.31. The van der Waals surface area contributed by atoms with Gasteiger partial charge in [0, 0.05) is 45.8 Å². The first kappa shape index (κ1) is 14.9. The fourth-order valence-electron chi connectivity index (χ4n) is 2.88. The molecule has 1 N–H and O–H groups in total. The minimum Gasteiger partial charge on any atom is -0.359 e. The van der Waals surface area contributed by atoms with E-state index in [1.165, 1.54) is 5.56 Å². The first-order valence-electron chi connectivity index (χ1n) is 7.25. The molecule has 20 heavy (non-hydrogen) atoms. The molecule has 1 aromatic carbocycles.